The van der Waals surface area contributed by atoms with Crippen LogP contribution < -0.4 is 10.2 Å². The summed E-state index contributed by atoms with van der Waals surface area (Å²) in [5, 5.41) is 23.6. The molecule has 3 heterocycles. The molecule has 2 saturated heterocycles. The number of pyridine rings is 1. The fourth-order valence-corrected chi connectivity index (χ4v) is 3.51. The maximum atomic E-state index is 10.8. The zero-order valence-corrected chi connectivity index (χ0v) is 12.4. The fourth-order valence-electron chi connectivity index (χ4n) is 3.51. The van der Waals surface area contributed by atoms with Crippen molar-refractivity contribution in [2.24, 2.45) is 5.92 Å². The predicted octanol–water partition coefficient (Wildman–Crippen LogP) is 1.83. The lowest BCUT2D eigenvalue weighted by molar-refractivity contribution is -0.385. The van der Waals surface area contributed by atoms with Crippen LogP contribution in [0.1, 0.15) is 31.2 Å². The summed E-state index contributed by atoms with van der Waals surface area (Å²) >= 11 is 0. The van der Waals surface area contributed by atoms with Crippen molar-refractivity contribution in [3.63, 3.8) is 0 Å². The third-order valence-corrected chi connectivity index (χ3v) is 4.69. The summed E-state index contributed by atoms with van der Waals surface area (Å²) < 4.78 is 0. The number of hydrogen-bond acceptors (Lipinski definition) is 6. The molecule has 0 aliphatic carbocycles. The van der Waals surface area contributed by atoms with Crippen LogP contribution in [-0.4, -0.2) is 35.6 Å². The molecule has 2 aliphatic rings. The van der Waals surface area contributed by atoms with Gasteiger partial charge in [-0.25, -0.2) is 4.98 Å². The van der Waals surface area contributed by atoms with Gasteiger partial charge in [-0.1, -0.05) is 0 Å². The van der Waals surface area contributed by atoms with Gasteiger partial charge in [0.05, 0.1) is 4.92 Å². The average molecular weight is 301 g/mol. The zero-order valence-electron chi connectivity index (χ0n) is 12.4. The van der Waals surface area contributed by atoms with Crippen molar-refractivity contribution in [3.05, 3.63) is 27.9 Å². The molecule has 0 radical (unpaired) electrons. The van der Waals surface area contributed by atoms with Crippen LogP contribution in [0, 0.1) is 27.4 Å². The second-order valence-electron chi connectivity index (χ2n) is 5.96. The van der Waals surface area contributed by atoms with Gasteiger partial charge in [0.15, 0.2) is 0 Å². The maximum absolute atomic E-state index is 10.8. The predicted molar refractivity (Wildman–Crippen MR) is 81.6 cm³/mol. The standard InChI is InChI=1S/C15H19N5O2/c16-9-12-8-13(20(21)22)10-18-15(12)19-6-3-11(4-7-19)14-2-1-5-17-14/h8,10-11,14,17H,1-7H2. The van der Waals surface area contributed by atoms with Crippen molar-refractivity contribution in [1.82, 2.24) is 10.3 Å². The summed E-state index contributed by atoms with van der Waals surface area (Å²) in [5.74, 6) is 1.26. The van der Waals surface area contributed by atoms with Gasteiger partial charge in [-0.3, -0.25) is 10.1 Å². The van der Waals surface area contributed by atoms with Crippen molar-refractivity contribution in [3.8, 4) is 6.07 Å². The maximum Gasteiger partial charge on any atom is 0.289 e. The first-order chi connectivity index (χ1) is 10.7. The molecule has 22 heavy (non-hydrogen) atoms. The number of anilines is 1. The van der Waals surface area contributed by atoms with Gasteiger partial charge in [0.2, 0.25) is 0 Å². The summed E-state index contributed by atoms with van der Waals surface area (Å²) in [6, 6.07) is 3.97. The van der Waals surface area contributed by atoms with Crippen molar-refractivity contribution < 1.29 is 4.92 Å². The Morgan fingerprint density at radius 1 is 1.41 bits per heavy atom. The molecule has 2 aliphatic heterocycles. The average Bonchev–Trinajstić information content (AvgIpc) is 3.09. The van der Waals surface area contributed by atoms with E-state index < -0.39 is 4.92 Å². The summed E-state index contributed by atoms with van der Waals surface area (Å²) in [6.45, 7) is 2.82. The van der Waals surface area contributed by atoms with Gasteiger partial charge in [0.1, 0.15) is 23.6 Å². The van der Waals surface area contributed by atoms with Gasteiger partial charge in [0, 0.05) is 25.2 Å². The van der Waals surface area contributed by atoms with E-state index in [0.717, 1.165) is 32.5 Å². The van der Waals surface area contributed by atoms with Crippen molar-refractivity contribution >= 4 is 11.5 Å². The number of aromatic nitrogens is 1. The molecule has 3 rings (SSSR count). The van der Waals surface area contributed by atoms with Gasteiger partial charge in [-0.05, 0) is 38.1 Å². The van der Waals surface area contributed by atoms with Gasteiger partial charge < -0.3 is 10.2 Å². The van der Waals surface area contributed by atoms with Gasteiger partial charge in [-0.15, -0.1) is 0 Å². The van der Waals surface area contributed by atoms with E-state index in [1.807, 2.05) is 6.07 Å². The van der Waals surface area contributed by atoms with Crippen molar-refractivity contribution in [2.75, 3.05) is 24.5 Å². The van der Waals surface area contributed by atoms with Gasteiger partial charge in [-0.2, -0.15) is 5.26 Å². The zero-order chi connectivity index (χ0) is 15.5. The molecule has 0 saturated carbocycles. The van der Waals surface area contributed by atoms with E-state index in [0.29, 0.717) is 17.8 Å². The lowest BCUT2D eigenvalue weighted by Crippen LogP contribution is -2.41. The first-order valence-electron chi connectivity index (χ1n) is 7.72. The van der Waals surface area contributed by atoms with E-state index in [2.05, 4.69) is 15.2 Å². The quantitative estimate of drug-likeness (QED) is 0.676. The highest BCUT2D eigenvalue weighted by Gasteiger charge is 2.29. The summed E-state index contributed by atoms with van der Waals surface area (Å²) in [4.78, 5) is 16.5. The number of nitrogens with zero attached hydrogens (tertiary/aromatic N) is 4. The van der Waals surface area contributed by atoms with E-state index in [9.17, 15) is 15.4 Å². The minimum atomic E-state index is -0.518. The first kappa shape index (κ1) is 14.7. The molecule has 1 aromatic rings. The van der Waals surface area contributed by atoms with Crippen LogP contribution in [0.25, 0.3) is 0 Å². The smallest absolute Gasteiger partial charge is 0.289 e. The Morgan fingerprint density at radius 3 is 2.77 bits per heavy atom. The Kier molecular flexibility index (Phi) is 4.20. The normalized spacial score (nSPS) is 22.5. The number of piperidine rings is 1. The lowest BCUT2D eigenvalue weighted by Gasteiger charge is -2.35. The van der Waals surface area contributed by atoms with E-state index in [-0.39, 0.29) is 11.3 Å². The fraction of sp³-hybridized carbons (Fsp3) is 0.600. The van der Waals surface area contributed by atoms with Gasteiger partial charge in [0.25, 0.3) is 5.69 Å². The van der Waals surface area contributed by atoms with Crippen LogP contribution >= 0.6 is 0 Å². The van der Waals surface area contributed by atoms with Crippen LogP contribution in [0.3, 0.4) is 0 Å². The molecule has 116 valence electrons. The van der Waals surface area contributed by atoms with Crippen LogP contribution in [0.5, 0.6) is 0 Å². The molecular weight excluding hydrogens is 282 g/mol. The highest BCUT2D eigenvalue weighted by atomic mass is 16.6. The third-order valence-electron chi connectivity index (χ3n) is 4.69. The second kappa shape index (κ2) is 6.28. The van der Waals surface area contributed by atoms with Crippen LogP contribution in [0.4, 0.5) is 11.5 Å². The Labute approximate surface area is 129 Å². The van der Waals surface area contributed by atoms with Gasteiger partial charge >= 0.3 is 0 Å². The molecule has 0 spiro atoms. The number of nitrogens with one attached hydrogen (secondary N) is 1. The Bertz CT molecular complexity index is 598. The SMILES string of the molecule is N#Cc1cc([N+](=O)[O-])cnc1N1CCC(C2CCCN2)CC1. The molecule has 0 aromatic carbocycles. The number of rotatable bonds is 3. The van der Waals surface area contributed by atoms with E-state index in [1.54, 1.807) is 0 Å². The molecule has 0 amide bonds. The summed E-state index contributed by atoms with van der Waals surface area (Å²) in [6.07, 6.45) is 5.89. The second-order valence-corrected chi connectivity index (χ2v) is 5.96. The monoisotopic (exact) mass is 301 g/mol. The summed E-state index contributed by atoms with van der Waals surface area (Å²) in [7, 11) is 0. The Balaban J connectivity index is 1.70. The molecule has 1 aromatic heterocycles. The van der Waals surface area contributed by atoms with Crippen LogP contribution in [0.15, 0.2) is 12.3 Å². The van der Waals surface area contributed by atoms with Crippen molar-refractivity contribution in [2.45, 2.75) is 31.7 Å². The number of nitriles is 1. The lowest BCUT2D eigenvalue weighted by atomic mass is 9.88. The van der Waals surface area contributed by atoms with Crippen LogP contribution in [0.2, 0.25) is 0 Å². The van der Waals surface area contributed by atoms with Crippen molar-refractivity contribution in [1.29, 1.82) is 5.26 Å². The third kappa shape index (κ3) is 2.88. The largest absolute Gasteiger partial charge is 0.355 e. The van der Waals surface area contributed by atoms with E-state index in [1.165, 1.54) is 25.1 Å². The first-order valence-corrected chi connectivity index (χ1v) is 7.72. The Morgan fingerprint density at radius 2 is 2.18 bits per heavy atom. The molecule has 1 unspecified atom stereocenters. The topological polar surface area (TPSA) is 95.1 Å². The minimum absolute atomic E-state index is 0.134. The molecule has 0 bridgehead atoms. The number of hydrogen-bond donors (Lipinski definition) is 1. The van der Waals surface area contributed by atoms with Crippen LogP contribution in [-0.2, 0) is 0 Å². The van der Waals surface area contributed by atoms with E-state index >= 15 is 0 Å². The Hall–Kier alpha value is -2.20. The molecule has 2 fully saturated rings. The molecule has 7 nitrogen and oxygen atoms in total. The number of nitro groups is 1. The molecular formula is C15H19N5O2. The molecule has 1 N–H and O–H groups in total. The van der Waals surface area contributed by atoms with E-state index in [4.69, 9.17) is 0 Å². The molecule has 1 atom stereocenters. The minimum Gasteiger partial charge on any atom is -0.355 e. The summed E-state index contributed by atoms with van der Waals surface area (Å²) in [5.41, 5.74) is 0.150. The highest BCUT2D eigenvalue weighted by molar-refractivity contribution is 5.57. The molecule has 7 heteroatoms. The highest BCUT2D eigenvalue weighted by Crippen LogP contribution is 2.29.